The van der Waals surface area contributed by atoms with Gasteiger partial charge in [-0.1, -0.05) is 0 Å². The zero-order valence-electron chi connectivity index (χ0n) is 10.9. The Morgan fingerprint density at radius 3 is 0.750 bits per heavy atom. The number of carboxylic acids is 3. The van der Waals surface area contributed by atoms with Gasteiger partial charge in [-0.15, -0.1) is 0 Å². The molecule has 0 rings (SSSR count). The minimum atomic E-state index is -1.44. The first-order chi connectivity index (χ1) is 7.93. The number of rotatable bonds is 3. The van der Waals surface area contributed by atoms with Gasteiger partial charge in [-0.05, 0) is 20.8 Å². The van der Waals surface area contributed by atoms with Gasteiger partial charge in [0, 0.05) is 0 Å². The first-order valence-corrected chi connectivity index (χ1v) is 4.60. The van der Waals surface area contributed by atoms with E-state index >= 15 is 0 Å². The van der Waals surface area contributed by atoms with Crippen molar-refractivity contribution in [2.24, 2.45) is 0 Å². The van der Waals surface area contributed by atoms with Crippen molar-refractivity contribution in [2.75, 3.05) is 0 Å². The maximum Gasteiger partial charge on any atom is 3.00 e. The first kappa shape index (κ1) is 31.3. The number of aliphatic hydroxyl groups excluding tert-OH is 3. The maximum absolute atomic E-state index is 9.34. The molecule has 0 heterocycles. The van der Waals surface area contributed by atoms with Crippen LogP contribution in [0.25, 0.3) is 0 Å². The van der Waals surface area contributed by atoms with Crippen molar-refractivity contribution in [1.82, 2.24) is 0 Å². The summed E-state index contributed by atoms with van der Waals surface area (Å²) in [4.78, 5) is 28.0. The van der Waals surface area contributed by atoms with Crippen molar-refractivity contribution in [3.63, 3.8) is 0 Å². The van der Waals surface area contributed by atoms with E-state index in [4.69, 9.17) is 15.3 Å². The second kappa shape index (κ2) is 17.8. The number of hydrogen-bond acceptors (Lipinski definition) is 9. The average molecular weight is 341 g/mol. The molecule has 0 bridgehead atoms. The van der Waals surface area contributed by atoms with Crippen LogP contribution in [0, 0.1) is 0 Å². The molecule has 11 heteroatoms. The quantitative estimate of drug-likeness (QED) is 0.415. The average Bonchev–Trinajstić information content (AvgIpc) is 2.18. The summed E-state index contributed by atoms with van der Waals surface area (Å²) in [5.41, 5.74) is 0. The number of carbonyl (C=O) groups is 3. The van der Waals surface area contributed by atoms with Gasteiger partial charge < -0.3 is 50.5 Å². The Bertz CT molecular complexity index is 221. The Morgan fingerprint density at radius 2 is 0.750 bits per heavy atom. The summed E-state index contributed by atoms with van der Waals surface area (Å²) in [6.45, 7) is 3.40. The Balaban J connectivity index is -0.0000000536. The van der Waals surface area contributed by atoms with Gasteiger partial charge in [0.25, 0.3) is 0 Å². The summed E-state index contributed by atoms with van der Waals surface area (Å²) in [5.74, 6) is -4.31. The molecule has 121 valence electrons. The standard InChI is InChI=1S/3C3H6O3.Fe.H2O/c3*1-2(4)3(5)6;;/h3*2,4H,1H3,(H,5,6);;1H2/q;;;+3;/p-3. The summed E-state index contributed by atoms with van der Waals surface area (Å²) in [7, 11) is 0. The molecule has 0 amide bonds. The molecule has 0 fully saturated rings. The van der Waals surface area contributed by atoms with Gasteiger partial charge in [-0.25, -0.2) is 0 Å². The smallest absolute Gasteiger partial charge is 0.547 e. The van der Waals surface area contributed by atoms with Gasteiger partial charge in [-0.2, -0.15) is 0 Å². The molecule has 1 radical (unpaired) electrons. The molecule has 3 unspecified atom stereocenters. The molecule has 0 aromatic rings. The van der Waals surface area contributed by atoms with E-state index < -0.39 is 36.2 Å². The summed E-state index contributed by atoms with van der Waals surface area (Å²) >= 11 is 0. The van der Waals surface area contributed by atoms with Gasteiger partial charge in [0.05, 0.1) is 36.2 Å². The Kier molecular flexibility index (Phi) is 27.8. The van der Waals surface area contributed by atoms with Crippen LogP contribution in [0.1, 0.15) is 20.8 Å². The van der Waals surface area contributed by atoms with Gasteiger partial charge in [0.2, 0.25) is 0 Å². The van der Waals surface area contributed by atoms with Gasteiger partial charge >= 0.3 is 17.1 Å². The number of carboxylic acid groups (broad SMARTS) is 3. The van der Waals surface area contributed by atoms with E-state index in [0.717, 1.165) is 20.8 Å². The molecule has 0 saturated heterocycles. The molecule has 10 nitrogen and oxygen atoms in total. The van der Waals surface area contributed by atoms with Crippen molar-refractivity contribution in [3.8, 4) is 0 Å². The summed E-state index contributed by atoms with van der Waals surface area (Å²) in [6, 6.07) is 0. The second-order valence-electron chi connectivity index (χ2n) is 2.99. The second-order valence-corrected chi connectivity index (χ2v) is 2.99. The largest absolute Gasteiger partial charge is 3.00 e. The molecule has 0 aromatic carbocycles. The number of hydrogen-bond donors (Lipinski definition) is 3. The van der Waals surface area contributed by atoms with E-state index in [9.17, 15) is 29.7 Å². The molecule has 0 aromatic heterocycles. The van der Waals surface area contributed by atoms with Crippen molar-refractivity contribution in [1.29, 1.82) is 0 Å². The van der Waals surface area contributed by atoms with Crippen LogP contribution >= 0.6 is 0 Å². The number of aliphatic hydroxyl groups is 3. The van der Waals surface area contributed by atoms with Crippen molar-refractivity contribution in [3.05, 3.63) is 0 Å². The van der Waals surface area contributed by atoms with Gasteiger partial charge in [-0.3, -0.25) is 0 Å². The summed E-state index contributed by atoms with van der Waals surface area (Å²) in [6.07, 6.45) is -4.03. The van der Waals surface area contributed by atoms with E-state index in [1.54, 1.807) is 0 Å². The fourth-order valence-corrected chi connectivity index (χ4v) is 0. The van der Waals surface area contributed by atoms with E-state index in [0.29, 0.717) is 0 Å². The Morgan fingerprint density at radius 1 is 0.700 bits per heavy atom. The van der Waals surface area contributed by atoms with Crippen LogP contribution in [0.3, 0.4) is 0 Å². The van der Waals surface area contributed by atoms with Crippen LogP contribution in [-0.2, 0) is 31.5 Å². The zero-order chi connectivity index (χ0) is 15.5. The normalized spacial score (nSPS) is 12.3. The number of carbonyl (C=O) groups excluding carboxylic acids is 3. The topological polar surface area (TPSA) is 213 Å². The predicted molar refractivity (Wildman–Crippen MR) is 53.7 cm³/mol. The van der Waals surface area contributed by atoms with Crippen LogP contribution in [0.5, 0.6) is 0 Å². The van der Waals surface area contributed by atoms with Crippen LogP contribution < -0.4 is 15.3 Å². The molecule has 0 saturated carbocycles. The molecule has 3 atom stereocenters. The Hall–Kier alpha value is -1.23. The molecule has 0 spiro atoms. The molecule has 0 aliphatic heterocycles. The van der Waals surface area contributed by atoms with Crippen molar-refractivity contribution < 1.29 is 67.6 Å². The fourth-order valence-electron chi connectivity index (χ4n) is 0. The third kappa shape index (κ3) is 36.0. The van der Waals surface area contributed by atoms with E-state index in [1.807, 2.05) is 0 Å². The molecule has 20 heavy (non-hydrogen) atoms. The van der Waals surface area contributed by atoms with Crippen molar-refractivity contribution >= 4 is 17.9 Å². The molecule has 0 aliphatic rings. The molecular formula is C9H17FeO10. The number of aliphatic carboxylic acids is 3. The van der Waals surface area contributed by atoms with Crippen LogP contribution in [-0.4, -0.2) is 57.0 Å². The molecule has 5 N–H and O–H groups in total. The third-order valence-corrected chi connectivity index (χ3v) is 1.02. The van der Waals surface area contributed by atoms with Crippen LogP contribution in [0.4, 0.5) is 0 Å². The van der Waals surface area contributed by atoms with Crippen LogP contribution in [0.2, 0.25) is 0 Å². The molecular weight excluding hydrogens is 324 g/mol. The van der Waals surface area contributed by atoms with Gasteiger partial charge in [0.1, 0.15) is 0 Å². The van der Waals surface area contributed by atoms with E-state index in [1.165, 1.54) is 0 Å². The fraction of sp³-hybridized carbons (Fsp3) is 0.667. The van der Waals surface area contributed by atoms with E-state index in [2.05, 4.69) is 0 Å². The first-order valence-electron chi connectivity index (χ1n) is 4.60. The summed E-state index contributed by atoms with van der Waals surface area (Å²) in [5, 5.41) is 51.9. The Labute approximate surface area is 125 Å². The predicted octanol–water partition coefficient (Wildman–Crippen LogP) is -6.48. The van der Waals surface area contributed by atoms with Gasteiger partial charge in [0.15, 0.2) is 0 Å². The minimum Gasteiger partial charge on any atom is -0.547 e. The third-order valence-electron chi connectivity index (χ3n) is 1.02. The SMILES string of the molecule is CC(O)C(=O)[O-].CC(O)C(=O)[O-].CC(O)C(=O)[O-].O.[Fe+3]. The van der Waals surface area contributed by atoms with E-state index in [-0.39, 0.29) is 22.5 Å². The monoisotopic (exact) mass is 341 g/mol. The minimum absolute atomic E-state index is 0. The zero-order valence-corrected chi connectivity index (χ0v) is 12.0. The summed E-state index contributed by atoms with van der Waals surface area (Å²) < 4.78 is 0. The van der Waals surface area contributed by atoms with Crippen molar-refractivity contribution in [2.45, 2.75) is 39.1 Å². The maximum atomic E-state index is 9.34. The van der Waals surface area contributed by atoms with Crippen LogP contribution in [0.15, 0.2) is 0 Å². The molecule has 0 aliphatic carbocycles.